The van der Waals surface area contributed by atoms with Crippen LogP contribution in [0.5, 0.6) is 0 Å². The molecule has 1 amide bonds. The predicted molar refractivity (Wildman–Crippen MR) is 98.0 cm³/mol. The maximum atomic E-state index is 12.1. The third-order valence-electron chi connectivity index (χ3n) is 3.82. The minimum absolute atomic E-state index is 0.0510. The highest BCUT2D eigenvalue weighted by atomic mass is 16.4. The molecule has 0 aliphatic rings. The highest BCUT2D eigenvalue weighted by Gasteiger charge is 2.10. The molecular formula is C17H18BN5O3. The van der Waals surface area contributed by atoms with Crippen LogP contribution in [0, 0.1) is 0 Å². The van der Waals surface area contributed by atoms with Crippen molar-refractivity contribution in [1.82, 2.24) is 20.3 Å². The number of amides is 1. The second-order valence-corrected chi connectivity index (χ2v) is 5.82. The molecule has 3 aromatic rings. The van der Waals surface area contributed by atoms with Crippen molar-refractivity contribution in [2.45, 2.75) is 13.1 Å². The predicted octanol–water partition coefficient (Wildman–Crippen LogP) is -0.476. The van der Waals surface area contributed by atoms with Crippen molar-refractivity contribution in [3.63, 3.8) is 0 Å². The Kier molecular flexibility index (Phi) is 5.30. The van der Waals surface area contributed by atoms with Crippen LogP contribution in [-0.4, -0.2) is 38.1 Å². The van der Waals surface area contributed by atoms with Gasteiger partial charge in [-0.05, 0) is 23.2 Å². The van der Waals surface area contributed by atoms with Crippen molar-refractivity contribution in [2.75, 3.05) is 5.73 Å². The van der Waals surface area contributed by atoms with Gasteiger partial charge in [-0.15, -0.1) is 5.10 Å². The summed E-state index contributed by atoms with van der Waals surface area (Å²) in [5, 5.41) is 28.9. The molecule has 132 valence electrons. The Morgan fingerprint density at radius 2 is 1.81 bits per heavy atom. The SMILES string of the molecule is Nc1ccc(-c2cn(CC(=O)NCc3ccc(B(O)O)cc3)nn2)cc1. The van der Waals surface area contributed by atoms with Crippen LogP contribution in [0.15, 0.2) is 54.7 Å². The van der Waals surface area contributed by atoms with E-state index in [1.165, 1.54) is 4.68 Å². The number of nitrogens with zero attached hydrogens (tertiary/aromatic N) is 3. The van der Waals surface area contributed by atoms with Gasteiger partial charge >= 0.3 is 7.12 Å². The van der Waals surface area contributed by atoms with E-state index in [1.807, 2.05) is 12.1 Å². The molecule has 3 rings (SSSR count). The van der Waals surface area contributed by atoms with Gasteiger partial charge in [-0.25, -0.2) is 4.68 Å². The van der Waals surface area contributed by atoms with E-state index in [2.05, 4.69) is 15.6 Å². The molecule has 8 nitrogen and oxygen atoms in total. The number of aromatic nitrogens is 3. The summed E-state index contributed by atoms with van der Waals surface area (Å²) in [6.45, 7) is 0.384. The molecule has 0 aliphatic heterocycles. The van der Waals surface area contributed by atoms with Crippen molar-refractivity contribution < 1.29 is 14.8 Å². The number of anilines is 1. The molecular weight excluding hydrogens is 333 g/mol. The van der Waals surface area contributed by atoms with Crippen LogP contribution in [0.1, 0.15) is 5.56 Å². The number of benzene rings is 2. The summed E-state index contributed by atoms with van der Waals surface area (Å²) in [6, 6.07) is 13.9. The largest absolute Gasteiger partial charge is 0.488 e. The van der Waals surface area contributed by atoms with E-state index in [9.17, 15) is 4.79 Å². The zero-order valence-electron chi connectivity index (χ0n) is 13.9. The molecule has 0 aliphatic carbocycles. The average molecular weight is 351 g/mol. The monoisotopic (exact) mass is 351 g/mol. The minimum Gasteiger partial charge on any atom is -0.423 e. The number of carbonyl (C=O) groups excluding carboxylic acids is 1. The molecule has 1 aromatic heterocycles. The molecule has 0 saturated heterocycles. The Labute approximate surface area is 150 Å². The summed E-state index contributed by atoms with van der Waals surface area (Å²) in [4.78, 5) is 12.1. The van der Waals surface area contributed by atoms with Gasteiger partial charge < -0.3 is 21.1 Å². The molecule has 0 radical (unpaired) electrons. The Balaban J connectivity index is 1.54. The fourth-order valence-electron chi connectivity index (χ4n) is 2.37. The first-order valence-electron chi connectivity index (χ1n) is 7.99. The lowest BCUT2D eigenvalue weighted by Gasteiger charge is -2.06. The quantitative estimate of drug-likeness (QED) is 0.351. The number of nitrogens with two attached hydrogens (primary N) is 1. The first-order chi connectivity index (χ1) is 12.5. The zero-order chi connectivity index (χ0) is 18.5. The highest BCUT2D eigenvalue weighted by molar-refractivity contribution is 6.58. The second kappa shape index (κ2) is 7.81. The average Bonchev–Trinajstić information content (AvgIpc) is 3.09. The summed E-state index contributed by atoms with van der Waals surface area (Å²) in [6.07, 6.45) is 1.70. The molecule has 9 heteroatoms. The Hall–Kier alpha value is -3.17. The molecule has 26 heavy (non-hydrogen) atoms. The van der Waals surface area contributed by atoms with Gasteiger partial charge in [0, 0.05) is 17.8 Å². The normalized spacial score (nSPS) is 10.5. The van der Waals surface area contributed by atoms with Crippen LogP contribution in [0.4, 0.5) is 5.69 Å². The highest BCUT2D eigenvalue weighted by Crippen LogP contribution is 2.17. The van der Waals surface area contributed by atoms with Gasteiger partial charge in [0.25, 0.3) is 0 Å². The second-order valence-electron chi connectivity index (χ2n) is 5.82. The summed E-state index contributed by atoms with van der Waals surface area (Å²) >= 11 is 0. The molecule has 0 bridgehead atoms. The van der Waals surface area contributed by atoms with Crippen LogP contribution in [-0.2, 0) is 17.9 Å². The summed E-state index contributed by atoms with van der Waals surface area (Å²) in [5.74, 6) is -0.204. The third kappa shape index (κ3) is 4.47. The lowest BCUT2D eigenvalue weighted by Crippen LogP contribution is -2.30. The zero-order valence-corrected chi connectivity index (χ0v) is 13.9. The van der Waals surface area contributed by atoms with E-state index in [0.717, 1.165) is 11.1 Å². The fraction of sp³-hybridized carbons (Fsp3) is 0.118. The van der Waals surface area contributed by atoms with Crippen LogP contribution in [0.3, 0.4) is 0 Å². The summed E-state index contributed by atoms with van der Waals surface area (Å²) in [5.41, 5.74) is 9.12. The molecule has 1 heterocycles. The summed E-state index contributed by atoms with van der Waals surface area (Å²) in [7, 11) is -1.50. The van der Waals surface area contributed by atoms with Crippen molar-refractivity contribution in [3.05, 3.63) is 60.3 Å². The van der Waals surface area contributed by atoms with Crippen LogP contribution in [0.25, 0.3) is 11.3 Å². The smallest absolute Gasteiger partial charge is 0.423 e. The first kappa shape index (κ1) is 17.7. The van der Waals surface area contributed by atoms with Crippen molar-refractivity contribution in [3.8, 4) is 11.3 Å². The summed E-state index contributed by atoms with van der Waals surface area (Å²) < 4.78 is 1.46. The van der Waals surface area contributed by atoms with Gasteiger partial charge in [-0.3, -0.25) is 4.79 Å². The number of hydrogen-bond donors (Lipinski definition) is 4. The lowest BCUT2D eigenvalue weighted by molar-refractivity contribution is -0.122. The number of rotatable bonds is 6. The Morgan fingerprint density at radius 1 is 1.12 bits per heavy atom. The molecule has 0 spiro atoms. The topological polar surface area (TPSA) is 126 Å². The Morgan fingerprint density at radius 3 is 2.46 bits per heavy atom. The van der Waals surface area contributed by atoms with E-state index in [1.54, 1.807) is 42.6 Å². The first-order valence-corrected chi connectivity index (χ1v) is 7.99. The van der Waals surface area contributed by atoms with Crippen LogP contribution < -0.4 is 16.5 Å². The van der Waals surface area contributed by atoms with Gasteiger partial charge in [-0.1, -0.05) is 41.6 Å². The van der Waals surface area contributed by atoms with Gasteiger partial charge in [0.15, 0.2) is 0 Å². The van der Waals surface area contributed by atoms with Gasteiger partial charge in [0.1, 0.15) is 12.2 Å². The Bertz CT molecular complexity index is 878. The molecule has 2 aromatic carbocycles. The maximum Gasteiger partial charge on any atom is 0.488 e. The molecule has 0 unspecified atom stereocenters. The number of nitrogen functional groups attached to an aromatic ring is 1. The van der Waals surface area contributed by atoms with Gasteiger partial charge in [0.2, 0.25) is 5.91 Å². The molecule has 0 saturated carbocycles. The number of carbonyl (C=O) groups is 1. The number of nitrogens with one attached hydrogen (secondary N) is 1. The van der Waals surface area contributed by atoms with Crippen LogP contribution >= 0.6 is 0 Å². The van der Waals surface area contributed by atoms with E-state index >= 15 is 0 Å². The van der Waals surface area contributed by atoms with Crippen molar-refractivity contribution in [2.24, 2.45) is 0 Å². The fourth-order valence-corrected chi connectivity index (χ4v) is 2.37. The molecule has 5 N–H and O–H groups in total. The molecule has 0 atom stereocenters. The maximum absolute atomic E-state index is 12.1. The van der Waals surface area contributed by atoms with E-state index in [4.69, 9.17) is 15.8 Å². The third-order valence-corrected chi connectivity index (χ3v) is 3.82. The van der Waals surface area contributed by atoms with E-state index in [0.29, 0.717) is 23.4 Å². The number of hydrogen-bond acceptors (Lipinski definition) is 6. The minimum atomic E-state index is -1.50. The molecule has 0 fully saturated rings. The lowest BCUT2D eigenvalue weighted by atomic mass is 9.80. The van der Waals surface area contributed by atoms with Gasteiger partial charge in [0.05, 0.1) is 6.20 Å². The van der Waals surface area contributed by atoms with Crippen molar-refractivity contribution >= 4 is 24.2 Å². The van der Waals surface area contributed by atoms with Gasteiger partial charge in [-0.2, -0.15) is 0 Å². The van der Waals surface area contributed by atoms with E-state index in [-0.39, 0.29) is 12.5 Å². The van der Waals surface area contributed by atoms with E-state index < -0.39 is 7.12 Å². The van der Waals surface area contributed by atoms with Crippen LogP contribution in [0.2, 0.25) is 0 Å². The standard InChI is InChI=1S/C17H18BN5O3/c19-15-7-3-13(4-8-15)16-10-23(22-21-16)11-17(24)20-9-12-1-5-14(6-2-12)18(25)26/h1-8,10,25-26H,9,11,19H2,(H,20,24). The van der Waals surface area contributed by atoms with Crippen molar-refractivity contribution in [1.29, 1.82) is 0 Å².